The molecule has 8 nitrogen and oxygen atoms in total. The smallest absolute Gasteiger partial charge is 0.322 e. The zero-order valence-electron chi connectivity index (χ0n) is 14.7. The molecule has 0 atom stereocenters. The van der Waals surface area contributed by atoms with E-state index in [1.807, 2.05) is 0 Å². The van der Waals surface area contributed by atoms with Crippen molar-refractivity contribution in [2.45, 2.75) is 0 Å². The molecule has 2 aromatic rings. The number of amides is 1. The molecule has 1 aliphatic heterocycles. The number of phenols is 1. The predicted molar refractivity (Wildman–Crippen MR) is 108 cm³/mol. The van der Waals surface area contributed by atoms with Crippen molar-refractivity contribution in [1.82, 2.24) is 4.90 Å². The third-order valence-corrected chi connectivity index (χ3v) is 5.18. The highest BCUT2D eigenvalue weighted by Gasteiger charge is 2.32. The van der Waals surface area contributed by atoms with Crippen molar-refractivity contribution in [3.05, 3.63) is 62.0 Å². The van der Waals surface area contributed by atoms with Gasteiger partial charge < -0.3 is 9.84 Å². The van der Waals surface area contributed by atoms with Gasteiger partial charge in [0.1, 0.15) is 0 Å². The van der Waals surface area contributed by atoms with E-state index in [9.17, 15) is 20.0 Å². The number of hydrogen-bond acceptors (Lipinski definition) is 7. The lowest BCUT2D eigenvalue weighted by Crippen LogP contribution is -2.23. The molecule has 28 heavy (non-hydrogen) atoms. The van der Waals surface area contributed by atoms with Crippen molar-refractivity contribution in [3.8, 4) is 11.5 Å². The van der Waals surface area contributed by atoms with Crippen LogP contribution < -0.4 is 4.74 Å². The number of nitro groups is 1. The van der Waals surface area contributed by atoms with Crippen LogP contribution in [0.5, 0.6) is 11.5 Å². The van der Waals surface area contributed by atoms with Gasteiger partial charge >= 0.3 is 5.69 Å². The minimum absolute atomic E-state index is 0.136. The Kier molecular flexibility index (Phi) is 5.57. The van der Waals surface area contributed by atoms with Crippen LogP contribution >= 0.6 is 23.4 Å². The Labute approximate surface area is 169 Å². The number of halogens is 1. The summed E-state index contributed by atoms with van der Waals surface area (Å²) in [7, 11) is 2.79. The largest absolute Gasteiger partial charge is 0.504 e. The molecule has 0 radical (unpaired) electrons. The number of benzene rings is 2. The van der Waals surface area contributed by atoms with E-state index in [0.717, 1.165) is 11.8 Å². The van der Waals surface area contributed by atoms with Gasteiger partial charge in [0.15, 0.2) is 10.9 Å². The zero-order chi connectivity index (χ0) is 20.4. The first kappa shape index (κ1) is 19.7. The summed E-state index contributed by atoms with van der Waals surface area (Å²) in [5.74, 6) is -0.971. The Morgan fingerprint density at radius 1 is 1.29 bits per heavy atom. The highest BCUT2D eigenvalue weighted by molar-refractivity contribution is 8.18. The summed E-state index contributed by atoms with van der Waals surface area (Å²) in [5, 5.41) is 22.2. The minimum Gasteiger partial charge on any atom is -0.504 e. The number of carbonyl (C=O) groups is 1. The number of hydrogen-bond donors (Lipinski definition) is 1. The van der Waals surface area contributed by atoms with Crippen molar-refractivity contribution in [2.75, 3.05) is 14.2 Å². The first-order valence-corrected chi connectivity index (χ1v) is 9.07. The van der Waals surface area contributed by atoms with E-state index >= 15 is 0 Å². The van der Waals surface area contributed by atoms with Crippen molar-refractivity contribution >= 4 is 51.9 Å². The van der Waals surface area contributed by atoms with E-state index < -0.39 is 10.6 Å². The lowest BCUT2D eigenvalue weighted by molar-refractivity contribution is -0.386. The van der Waals surface area contributed by atoms with E-state index in [1.165, 1.54) is 30.2 Å². The molecule has 144 valence electrons. The first-order valence-electron chi connectivity index (χ1n) is 7.88. The van der Waals surface area contributed by atoms with Gasteiger partial charge in [-0.15, -0.1) is 0 Å². The van der Waals surface area contributed by atoms with Gasteiger partial charge in [-0.1, -0.05) is 11.6 Å². The van der Waals surface area contributed by atoms with Crippen LogP contribution in [0.2, 0.25) is 5.02 Å². The lowest BCUT2D eigenvalue weighted by Gasteiger charge is -2.07. The van der Waals surface area contributed by atoms with Crippen LogP contribution in [-0.4, -0.2) is 40.2 Å². The highest BCUT2D eigenvalue weighted by atomic mass is 35.5. The van der Waals surface area contributed by atoms with Crippen molar-refractivity contribution in [2.24, 2.45) is 4.99 Å². The SMILES string of the molecule is COc1c(O)ccc(C=C2SC(=Nc3ccc(Cl)cc3)N(C)C2=O)c1[N+](=O)[O-]. The van der Waals surface area contributed by atoms with Crippen LogP contribution in [0.3, 0.4) is 0 Å². The van der Waals surface area contributed by atoms with Crippen molar-refractivity contribution < 1.29 is 19.6 Å². The molecular formula is C18H14ClN3O5S. The topological polar surface area (TPSA) is 105 Å². The number of ether oxygens (including phenoxy) is 1. The molecule has 0 bridgehead atoms. The van der Waals surface area contributed by atoms with Crippen molar-refractivity contribution in [1.29, 1.82) is 0 Å². The second-order valence-corrected chi connectivity index (χ2v) is 7.10. The normalized spacial score (nSPS) is 16.8. The third-order valence-electron chi connectivity index (χ3n) is 3.87. The molecule has 2 aromatic carbocycles. The van der Waals surface area contributed by atoms with Gasteiger partial charge in [0.05, 0.1) is 28.2 Å². The maximum Gasteiger partial charge on any atom is 0.322 e. The lowest BCUT2D eigenvalue weighted by atomic mass is 10.1. The fourth-order valence-electron chi connectivity index (χ4n) is 2.50. The second-order valence-electron chi connectivity index (χ2n) is 5.66. The number of aliphatic imine (C=N–C) groups is 1. The quantitative estimate of drug-likeness (QED) is 0.452. The molecule has 1 saturated heterocycles. The number of methoxy groups -OCH3 is 1. The highest BCUT2D eigenvalue weighted by Crippen LogP contribution is 2.41. The molecule has 0 spiro atoms. The molecular weight excluding hydrogens is 406 g/mol. The van der Waals surface area contributed by atoms with E-state index in [-0.39, 0.29) is 27.9 Å². The second kappa shape index (κ2) is 7.91. The summed E-state index contributed by atoms with van der Waals surface area (Å²) in [4.78, 5) is 29.4. The van der Waals surface area contributed by atoms with Gasteiger partial charge in [-0.3, -0.25) is 19.8 Å². The molecule has 0 unspecified atom stereocenters. The van der Waals surface area contributed by atoms with E-state index in [1.54, 1.807) is 31.3 Å². The van der Waals surface area contributed by atoms with E-state index in [2.05, 4.69) is 4.99 Å². The Hall–Kier alpha value is -3.04. The summed E-state index contributed by atoms with van der Waals surface area (Å²) < 4.78 is 4.94. The summed E-state index contributed by atoms with van der Waals surface area (Å²) in [6.07, 6.45) is 1.38. The molecule has 3 rings (SSSR count). The van der Waals surface area contributed by atoms with Gasteiger partial charge in [0.25, 0.3) is 5.91 Å². The molecule has 0 saturated carbocycles. The predicted octanol–water partition coefficient (Wildman–Crippen LogP) is 4.20. The fraction of sp³-hybridized carbons (Fsp3) is 0.111. The average Bonchev–Trinajstić information content (AvgIpc) is 2.92. The zero-order valence-corrected chi connectivity index (χ0v) is 16.3. The van der Waals surface area contributed by atoms with Crippen LogP contribution in [0, 0.1) is 10.1 Å². The molecule has 1 heterocycles. The number of nitro benzene ring substituents is 1. The summed E-state index contributed by atoms with van der Waals surface area (Å²) in [5.41, 5.74) is 0.330. The monoisotopic (exact) mass is 419 g/mol. The fourth-order valence-corrected chi connectivity index (χ4v) is 3.60. The Morgan fingerprint density at radius 3 is 2.57 bits per heavy atom. The minimum atomic E-state index is -0.665. The van der Waals surface area contributed by atoms with Gasteiger partial charge in [-0.25, -0.2) is 4.99 Å². The number of nitrogens with zero attached hydrogens (tertiary/aromatic N) is 3. The third kappa shape index (κ3) is 3.80. The van der Waals surface area contributed by atoms with Gasteiger partial charge in [0.2, 0.25) is 5.75 Å². The molecule has 1 N–H and O–H groups in total. The van der Waals surface area contributed by atoms with Crippen LogP contribution in [-0.2, 0) is 4.79 Å². The molecule has 0 aromatic heterocycles. The summed E-state index contributed by atoms with van der Waals surface area (Å²) in [6.45, 7) is 0. The Balaban J connectivity index is 2.01. The number of thioether (sulfide) groups is 1. The number of carbonyl (C=O) groups excluding carboxylic acids is 1. The van der Waals surface area contributed by atoms with Gasteiger partial charge in [-0.2, -0.15) is 0 Å². The van der Waals surface area contributed by atoms with Crippen LogP contribution in [0.25, 0.3) is 6.08 Å². The first-order chi connectivity index (χ1) is 13.3. The van der Waals surface area contributed by atoms with Crippen LogP contribution in [0.1, 0.15) is 5.56 Å². The number of rotatable bonds is 4. The van der Waals surface area contributed by atoms with Crippen molar-refractivity contribution in [3.63, 3.8) is 0 Å². The standard InChI is InChI=1S/C18H14ClN3O5S/c1-21-17(24)14(28-18(21)20-12-6-4-11(19)5-7-12)9-10-3-8-13(23)16(27-2)15(10)22(25)26/h3-9,23H,1-2H3. The number of likely N-dealkylation sites (N-methyl/N-ethyl adjacent to an activating group) is 1. The number of amidine groups is 1. The van der Waals surface area contributed by atoms with Gasteiger partial charge in [-0.05, 0) is 54.2 Å². The Bertz CT molecular complexity index is 1020. The average molecular weight is 420 g/mol. The van der Waals surface area contributed by atoms with E-state index in [4.69, 9.17) is 16.3 Å². The Morgan fingerprint density at radius 2 is 1.96 bits per heavy atom. The molecule has 1 aliphatic rings. The summed E-state index contributed by atoms with van der Waals surface area (Å²) in [6, 6.07) is 9.42. The molecule has 1 amide bonds. The van der Waals surface area contributed by atoms with Crippen LogP contribution in [0.4, 0.5) is 11.4 Å². The summed E-state index contributed by atoms with van der Waals surface area (Å²) >= 11 is 6.95. The molecule has 10 heteroatoms. The number of phenolic OH excluding ortho intramolecular Hbond substituents is 1. The van der Waals surface area contributed by atoms with Crippen LogP contribution in [0.15, 0.2) is 46.3 Å². The molecule has 0 aliphatic carbocycles. The van der Waals surface area contributed by atoms with Gasteiger partial charge in [0, 0.05) is 12.1 Å². The maximum atomic E-state index is 12.6. The molecule has 1 fully saturated rings. The van der Waals surface area contributed by atoms with E-state index in [0.29, 0.717) is 15.9 Å². The maximum absolute atomic E-state index is 12.6. The number of aromatic hydroxyl groups is 1.